The average molecular weight is 240 g/mol. The van der Waals surface area contributed by atoms with Gasteiger partial charge in [0.2, 0.25) is 0 Å². The van der Waals surface area contributed by atoms with Crippen LogP contribution in [0.15, 0.2) is 55.3 Å². The van der Waals surface area contributed by atoms with Crippen LogP contribution in [0.5, 0.6) is 0 Å². The number of benzene rings is 2. The minimum absolute atomic E-state index is 1.01. The topological polar surface area (TPSA) is 0 Å². The molecule has 88 valence electrons. The molecule has 3 rings (SSSR count). The standard InChI is InChI=1S/C19H12/c1-3-14-16-10-6-5-7-11-17(16)15(4-2)19-13-9-8-12-18(14)19/h5-6,8-13H,1-2H2. The van der Waals surface area contributed by atoms with Crippen molar-refractivity contribution in [2.45, 2.75) is 0 Å². The molecule has 0 heterocycles. The van der Waals surface area contributed by atoms with Crippen molar-refractivity contribution >= 4 is 34.4 Å². The van der Waals surface area contributed by atoms with Crippen molar-refractivity contribution in [2.75, 3.05) is 0 Å². The van der Waals surface area contributed by atoms with Gasteiger partial charge in [0.05, 0.1) is 0 Å². The first-order valence-electron chi connectivity index (χ1n) is 6.11. The molecule has 0 saturated heterocycles. The summed E-state index contributed by atoms with van der Waals surface area (Å²) >= 11 is 0. The molecule has 0 spiro atoms. The molecule has 0 N–H and O–H groups in total. The van der Waals surface area contributed by atoms with Crippen molar-refractivity contribution in [1.82, 2.24) is 0 Å². The van der Waals surface area contributed by atoms with E-state index in [2.05, 4.69) is 48.6 Å². The highest BCUT2D eigenvalue weighted by atomic mass is 14.1. The van der Waals surface area contributed by atoms with Crippen molar-refractivity contribution in [3.05, 3.63) is 76.9 Å². The smallest absolute Gasteiger partial charge is 0.0322 e. The SMILES string of the molecule is C=C=c1c2c(c(=C=C)c3ccccc13)C=CC=C=C2. The van der Waals surface area contributed by atoms with Crippen LogP contribution in [0.3, 0.4) is 0 Å². The number of hydrogen-bond donors (Lipinski definition) is 0. The largest absolute Gasteiger partial charge is 0.120 e. The summed E-state index contributed by atoms with van der Waals surface area (Å²) in [7, 11) is 0. The van der Waals surface area contributed by atoms with Gasteiger partial charge in [-0.05, 0) is 28.5 Å². The van der Waals surface area contributed by atoms with Gasteiger partial charge in [-0.1, -0.05) is 49.6 Å². The van der Waals surface area contributed by atoms with E-state index in [1.54, 1.807) is 0 Å². The van der Waals surface area contributed by atoms with E-state index in [9.17, 15) is 0 Å². The Morgan fingerprint density at radius 2 is 1.53 bits per heavy atom. The highest BCUT2D eigenvalue weighted by Gasteiger charge is 2.08. The Labute approximate surface area is 112 Å². The second-order valence-corrected chi connectivity index (χ2v) is 4.31. The van der Waals surface area contributed by atoms with Gasteiger partial charge in [0.15, 0.2) is 0 Å². The van der Waals surface area contributed by atoms with Gasteiger partial charge in [-0.3, -0.25) is 0 Å². The summed E-state index contributed by atoms with van der Waals surface area (Å²) in [4.78, 5) is 0. The summed E-state index contributed by atoms with van der Waals surface area (Å²) in [6, 6.07) is 8.21. The third-order valence-corrected chi connectivity index (χ3v) is 3.33. The highest BCUT2D eigenvalue weighted by Crippen LogP contribution is 2.14. The average Bonchev–Trinajstić information content (AvgIpc) is 2.70. The fourth-order valence-corrected chi connectivity index (χ4v) is 2.51. The van der Waals surface area contributed by atoms with E-state index in [-0.39, 0.29) is 0 Å². The van der Waals surface area contributed by atoms with Gasteiger partial charge in [0, 0.05) is 16.0 Å². The van der Waals surface area contributed by atoms with E-state index in [0.29, 0.717) is 0 Å². The van der Waals surface area contributed by atoms with Crippen LogP contribution in [0, 0.1) is 0 Å². The molecule has 1 aliphatic rings. The highest BCUT2D eigenvalue weighted by molar-refractivity contribution is 5.91. The first-order chi connectivity index (χ1) is 9.36. The number of hydrogen-bond acceptors (Lipinski definition) is 0. The Hall–Kier alpha value is -2.74. The van der Waals surface area contributed by atoms with Crippen LogP contribution in [0.1, 0.15) is 11.1 Å². The van der Waals surface area contributed by atoms with Crippen molar-refractivity contribution in [1.29, 1.82) is 0 Å². The molecule has 2 aromatic rings. The maximum Gasteiger partial charge on any atom is 0.0322 e. The van der Waals surface area contributed by atoms with Crippen molar-refractivity contribution < 1.29 is 0 Å². The summed E-state index contributed by atoms with van der Waals surface area (Å²) in [5.74, 6) is 0. The molecule has 0 fully saturated rings. The minimum Gasteiger partial charge on any atom is -0.120 e. The number of fused-ring (bicyclic) bond motifs is 2. The normalized spacial score (nSPS) is 11.8. The van der Waals surface area contributed by atoms with Crippen LogP contribution in [0.4, 0.5) is 0 Å². The van der Waals surface area contributed by atoms with Gasteiger partial charge >= 0.3 is 0 Å². The van der Waals surface area contributed by atoms with Crippen LogP contribution in [0.2, 0.25) is 0 Å². The van der Waals surface area contributed by atoms with Gasteiger partial charge in [-0.25, -0.2) is 0 Å². The molecule has 0 atom stereocenters. The fraction of sp³-hybridized carbons (Fsp3) is 0. The molecule has 1 aliphatic carbocycles. The van der Waals surface area contributed by atoms with Crippen LogP contribution < -0.4 is 10.4 Å². The number of rotatable bonds is 0. The third-order valence-electron chi connectivity index (χ3n) is 3.33. The first-order valence-corrected chi connectivity index (χ1v) is 6.11. The maximum absolute atomic E-state index is 3.84. The molecule has 0 aliphatic heterocycles. The fourth-order valence-electron chi connectivity index (χ4n) is 2.51. The van der Waals surface area contributed by atoms with Crippen LogP contribution in [0.25, 0.3) is 34.4 Å². The lowest BCUT2D eigenvalue weighted by molar-refractivity contribution is 1.55. The van der Waals surface area contributed by atoms with E-state index in [1.165, 1.54) is 0 Å². The maximum atomic E-state index is 3.84. The van der Waals surface area contributed by atoms with Crippen molar-refractivity contribution in [3.8, 4) is 0 Å². The predicted molar refractivity (Wildman–Crippen MR) is 82.8 cm³/mol. The van der Waals surface area contributed by atoms with Crippen LogP contribution in [-0.4, -0.2) is 0 Å². The zero-order chi connectivity index (χ0) is 13.2. The first kappa shape index (κ1) is 11.4. The zero-order valence-electron chi connectivity index (χ0n) is 10.5. The van der Waals surface area contributed by atoms with Gasteiger partial charge in [-0.2, -0.15) is 0 Å². The lowest BCUT2D eigenvalue weighted by Gasteiger charge is -2.07. The summed E-state index contributed by atoms with van der Waals surface area (Å²) in [6.07, 6.45) is 7.90. The van der Waals surface area contributed by atoms with Crippen molar-refractivity contribution in [3.63, 3.8) is 0 Å². The van der Waals surface area contributed by atoms with E-state index in [1.807, 2.05) is 30.4 Å². The summed E-state index contributed by atoms with van der Waals surface area (Å²) in [5.41, 5.74) is 11.4. The molecule has 0 saturated carbocycles. The lowest BCUT2D eigenvalue weighted by Crippen LogP contribution is -2.18. The van der Waals surface area contributed by atoms with Crippen molar-refractivity contribution in [2.24, 2.45) is 0 Å². The Kier molecular flexibility index (Phi) is 2.69. The summed E-state index contributed by atoms with van der Waals surface area (Å²) in [6.45, 7) is 7.67. The third kappa shape index (κ3) is 1.66. The molecule has 0 nitrogen and oxygen atoms in total. The minimum atomic E-state index is 1.01. The Morgan fingerprint density at radius 1 is 0.895 bits per heavy atom. The van der Waals surface area contributed by atoms with E-state index >= 15 is 0 Å². The van der Waals surface area contributed by atoms with E-state index in [0.717, 1.165) is 32.3 Å². The monoisotopic (exact) mass is 240 g/mol. The molecule has 0 aromatic heterocycles. The second kappa shape index (κ2) is 4.50. The quantitative estimate of drug-likeness (QED) is 0.620. The molecular formula is C19H12. The molecular weight excluding hydrogens is 228 g/mol. The molecule has 0 amide bonds. The molecule has 0 radical (unpaired) electrons. The van der Waals surface area contributed by atoms with Gasteiger partial charge in [-0.15, -0.1) is 17.2 Å². The van der Waals surface area contributed by atoms with E-state index in [4.69, 9.17) is 0 Å². The van der Waals surface area contributed by atoms with E-state index < -0.39 is 0 Å². The van der Waals surface area contributed by atoms with Crippen LogP contribution >= 0.6 is 0 Å². The molecule has 2 aromatic carbocycles. The van der Waals surface area contributed by atoms with Gasteiger partial charge in [0.25, 0.3) is 0 Å². The molecule has 0 bridgehead atoms. The number of allylic oxidation sites excluding steroid dienone is 2. The molecule has 0 unspecified atom stereocenters. The van der Waals surface area contributed by atoms with Gasteiger partial charge in [0.1, 0.15) is 0 Å². The summed E-state index contributed by atoms with van der Waals surface area (Å²) < 4.78 is 0. The Bertz CT molecular complexity index is 936. The van der Waals surface area contributed by atoms with Gasteiger partial charge < -0.3 is 0 Å². The zero-order valence-corrected chi connectivity index (χ0v) is 10.5. The second-order valence-electron chi connectivity index (χ2n) is 4.31. The molecule has 19 heavy (non-hydrogen) atoms. The summed E-state index contributed by atoms with van der Waals surface area (Å²) in [5, 5.41) is 4.28. The predicted octanol–water partition coefficient (Wildman–Crippen LogP) is 3.17. The Morgan fingerprint density at radius 3 is 2.16 bits per heavy atom. The Balaban J connectivity index is 2.80. The lowest BCUT2D eigenvalue weighted by atomic mass is 9.95. The van der Waals surface area contributed by atoms with Crippen LogP contribution in [-0.2, 0) is 0 Å². The molecule has 0 heteroatoms.